The Hall–Kier alpha value is -1.43. The van der Waals surface area contributed by atoms with E-state index in [4.69, 9.17) is 0 Å². The Morgan fingerprint density at radius 3 is 2.50 bits per heavy atom. The van der Waals surface area contributed by atoms with E-state index < -0.39 is 15.7 Å². The molecule has 0 heterocycles. The highest BCUT2D eigenvalue weighted by Gasteiger charge is 2.10. The van der Waals surface area contributed by atoms with Crippen LogP contribution in [0.3, 0.4) is 0 Å². The number of hydrogen-bond donors (Lipinski definition) is 1. The van der Waals surface area contributed by atoms with Crippen molar-refractivity contribution in [2.24, 2.45) is 0 Å². The number of carbonyl (C=O) groups is 1. The van der Waals surface area contributed by atoms with Gasteiger partial charge in [-0.05, 0) is 18.2 Å². The minimum Gasteiger partial charge on any atom is -0.326 e. The summed E-state index contributed by atoms with van der Waals surface area (Å²) in [5.74, 6) is -0.778. The molecule has 0 aromatic heterocycles. The third-order valence-corrected chi connectivity index (χ3v) is 2.69. The number of sulfone groups is 1. The molecule has 1 N–H and O–H groups in total. The summed E-state index contributed by atoms with van der Waals surface area (Å²) in [6.45, 7) is 0. The van der Waals surface area contributed by atoms with Gasteiger partial charge in [0.25, 0.3) is 0 Å². The van der Waals surface area contributed by atoms with Crippen molar-refractivity contribution >= 4 is 21.9 Å². The first-order valence-corrected chi connectivity index (χ1v) is 5.54. The van der Waals surface area contributed by atoms with E-state index in [1.807, 2.05) is 0 Å². The van der Waals surface area contributed by atoms with Crippen LogP contribution in [0.5, 0.6) is 0 Å². The van der Waals surface area contributed by atoms with E-state index in [0.29, 0.717) is 6.41 Å². The quantitative estimate of drug-likeness (QED) is 0.761. The maximum atomic E-state index is 13.1. The number of amides is 1. The van der Waals surface area contributed by atoms with Gasteiger partial charge in [-0.15, -0.1) is 0 Å². The zero-order chi connectivity index (χ0) is 10.8. The molecule has 4 nitrogen and oxygen atoms in total. The van der Waals surface area contributed by atoms with Crippen molar-refractivity contribution < 1.29 is 17.6 Å². The van der Waals surface area contributed by atoms with Crippen LogP contribution >= 0.6 is 0 Å². The third kappa shape index (κ3) is 2.29. The molecule has 0 aliphatic carbocycles. The van der Waals surface area contributed by atoms with Crippen molar-refractivity contribution in [2.75, 3.05) is 11.6 Å². The van der Waals surface area contributed by atoms with E-state index in [2.05, 4.69) is 5.32 Å². The monoisotopic (exact) mass is 217 g/mol. The number of anilines is 1. The number of hydrogen-bond acceptors (Lipinski definition) is 3. The van der Waals surface area contributed by atoms with E-state index >= 15 is 0 Å². The predicted molar refractivity (Wildman–Crippen MR) is 49.2 cm³/mol. The van der Waals surface area contributed by atoms with Gasteiger partial charge >= 0.3 is 0 Å². The minimum absolute atomic E-state index is 0.0487. The summed E-state index contributed by atoms with van der Waals surface area (Å²) in [6, 6.07) is 3.28. The van der Waals surface area contributed by atoms with Crippen molar-refractivity contribution in [1.29, 1.82) is 0 Å². The van der Waals surface area contributed by atoms with Crippen molar-refractivity contribution in [3.05, 3.63) is 24.0 Å². The molecule has 14 heavy (non-hydrogen) atoms. The van der Waals surface area contributed by atoms with E-state index in [9.17, 15) is 17.6 Å². The van der Waals surface area contributed by atoms with Gasteiger partial charge in [0.1, 0.15) is 5.82 Å². The molecule has 1 aromatic rings. The number of carbonyl (C=O) groups excluding carboxylic acids is 1. The Bertz CT molecular complexity index is 456. The first kappa shape index (κ1) is 10.6. The van der Waals surface area contributed by atoms with Gasteiger partial charge in [-0.25, -0.2) is 12.8 Å². The molecule has 0 radical (unpaired) electrons. The molecular weight excluding hydrogens is 209 g/mol. The summed E-state index contributed by atoms with van der Waals surface area (Å²) in [4.78, 5) is 9.89. The highest BCUT2D eigenvalue weighted by molar-refractivity contribution is 7.90. The molecule has 0 atom stereocenters. The lowest BCUT2D eigenvalue weighted by atomic mass is 10.3. The largest absolute Gasteiger partial charge is 0.326 e. The van der Waals surface area contributed by atoms with Gasteiger partial charge in [0.05, 0.1) is 10.6 Å². The van der Waals surface area contributed by atoms with E-state index in [1.54, 1.807) is 0 Å². The molecular formula is C8H8FNO3S. The summed E-state index contributed by atoms with van der Waals surface area (Å²) in [6.07, 6.45) is 1.30. The summed E-state index contributed by atoms with van der Waals surface area (Å²) < 4.78 is 35.1. The van der Waals surface area contributed by atoms with Crippen molar-refractivity contribution in [1.82, 2.24) is 0 Å². The summed E-state index contributed by atoms with van der Waals surface area (Å²) in [5.41, 5.74) is -0.0487. The maximum absolute atomic E-state index is 13.1. The first-order valence-electron chi connectivity index (χ1n) is 3.65. The van der Waals surface area contributed by atoms with Gasteiger partial charge in [0, 0.05) is 6.26 Å². The lowest BCUT2D eigenvalue weighted by Crippen LogP contribution is -2.01. The fraction of sp³-hybridized carbons (Fsp3) is 0.125. The summed E-state index contributed by atoms with van der Waals surface area (Å²) in [5, 5.41) is 2.10. The zero-order valence-electron chi connectivity index (χ0n) is 7.32. The summed E-state index contributed by atoms with van der Waals surface area (Å²) in [7, 11) is -3.41. The molecule has 1 rings (SSSR count). The normalized spacial score (nSPS) is 11.0. The van der Waals surface area contributed by atoms with Crippen LogP contribution in [0.2, 0.25) is 0 Å². The van der Waals surface area contributed by atoms with E-state index in [-0.39, 0.29) is 10.6 Å². The van der Waals surface area contributed by atoms with Crippen LogP contribution in [0.15, 0.2) is 23.1 Å². The molecule has 0 fully saturated rings. The van der Waals surface area contributed by atoms with Crippen molar-refractivity contribution in [3.63, 3.8) is 0 Å². The van der Waals surface area contributed by atoms with Crippen LogP contribution in [0.25, 0.3) is 0 Å². The van der Waals surface area contributed by atoms with Crippen LogP contribution in [-0.4, -0.2) is 21.1 Å². The molecule has 6 heteroatoms. The SMILES string of the molecule is CS(=O)(=O)c1ccc(NC=O)c(F)c1. The molecule has 0 bridgehead atoms. The Morgan fingerprint density at radius 1 is 1.43 bits per heavy atom. The average Bonchev–Trinajstić information content (AvgIpc) is 2.07. The number of halogens is 1. The number of nitrogens with one attached hydrogen (secondary N) is 1. The smallest absolute Gasteiger partial charge is 0.211 e. The fourth-order valence-corrected chi connectivity index (χ4v) is 1.54. The van der Waals surface area contributed by atoms with Gasteiger partial charge in [0.15, 0.2) is 9.84 Å². The highest BCUT2D eigenvalue weighted by atomic mass is 32.2. The Kier molecular flexibility index (Phi) is 2.85. The number of rotatable bonds is 3. The van der Waals surface area contributed by atoms with Crippen LogP contribution in [0, 0.1) is 5.82 Å². The van der Waals surface area contributed by atoms with E-state index in [0.717, 1.165) is 12.3 Å². The van der Waals surface area contributed by atoms with Crippen LogP contribution in [0.1, 0.15) is 0 Å². The minimum atomic E-state index is -3.41. The van der Waals surface area contributed by atoms with Crippen LogP contribution in [-0.2, 0) is 14.6 Å². The molecule has 0 aliphatic rings. The molecule has 0 spiro atoms. The number of benzene rings is 1. The Balaban J connectivity index is 3.19. The van der Waals surface area contributed by atoms with Gasteiger partial charge in [-0.3, -0.25) is 4.79 Å². The topological polar surface area (TPSA) is 63.2 Å². The molecule has 0 saturated carbocycles. The van der Waals surface area contributed by atoms with Gasteiger partial charge < -0.3 is 5.32 Å². The third-order valence-electron chi connectivity index (χ3n) is 1.58. The predicted octanol–water partition coefficient (Wildman–Crippen LogP) is 0.798. The summed E-state index contributed by atoms with van der Waals surface area (Å²) >= 11 is 0. The van der Waals surface area contributed by atoms with Crippen molar-refractivity contribution in [3.8, 4) is 0 Å². The second kappa shape index (κ2) is 3.75. The molecule has 1 amide bonds. The molecule has 0 saturated heterocycles. The molecule has 0 aliphatic heterocycles. The second-order valence-electron chi connectivity index (χ2n) is 2.68. The van der Waals surface area contributed by atoms with Gasteiger partial charge in [-0.2, -0.15) is 0 Å². The Morgan fingerprint density at radius 2 is 2.07 bits per heavy atom. The van der Waals surface area contributed by atoms with Crippen LogP contribution < -0.4 is 5.32 Å². The average molecular weight is 217 g/mol. The highest BCUT2D eigenvalue weighted by Crippen LogP contribution is 2.18. The standard InChI is InChI=1S/C8H8FNO3S/c1-14(12,13)6-2-3-8(10-5-11)7(9)4-6/h2-5H,1H3,(H,10,11). The lowest BCUT2D eigenvalue weighted by Gasteiger charge is -2.02. The van der Waals surface area contributed by atoms with Crippen LogP contribution in [0.4, 0.5) is 10.1 Å². The maximum Gasteiger partial charge on any atom is 0.211 e. The second-order valence-corrected chi connectivity index (χ2v) is 4.69. The molecule has 1 aromatic carbocycles. The molecule has 76 valence electrons. The van der Waals surface area contributed by atoms with Crippen molar-refractivity contribution in [2.45, 2.75) is 4.90 Å². The first-order chi connectivity index (χ1) is 6.45. The van der Waals surface area contributed by atoms with E-state index in [1.165, 1.54) is 12.1 Å². The fourth-order valence-electron chi connectivity index (χ4n) is 0.907. The lowest BCUT2D eigenvalue weighted by molar-refractivity contribution is -0.105. The van der Waals surface area contributed by atoms with Gasteiger partial charge in [-0.1, -0.05) is 0 Å². The molecule has 0 unspecified atom stereocenters. The Labute approximate surface area is 80.7 Å². The van der Waals surface area contributed by atoms with Gasteiger partial charge in [0.2, 0.25) is 6.41 Å². The zero-order valence-corrected chi connectivity index (χ0v) is 8.14.